The molecule has 1 unspecified atom stereocenters. The Hall–Kier alpha value is -1.78. The van der Waals surface area contributed by atoms with E-state index in [4.69, 9.17) is 5.11 Å². The van der Waals surface area contributed by atoms with E-state index >= 15 is 0 Å². The van der Waals surface area contributed by atoms with Crippen molar-refractivity contribution in [3.05, 3.63) is 28.7 Å². The van der Waals surface area contributed by atoms with Crippen molar-refractivity contribution in [2.75, 3.05) is 5.32 Å². The number of nitrogens with one attached hydrogen (secondary N) is 1. The number of aryl methyl sites for hydroxylation is 1. The summed E-state index contributed by atoms with van der Waals surface area (Å²) >= 11 is 0. The van der Waals surface area contributed by atoms with Crippen molar-refractivity contribution in [3.8, 4) is 0 Å². The molecule has 94 valence electrons. The lowest BCUT2D eigenvalue weighted by atomic mass is 10.2. The molecule has 0 aliphatic carbocycles. The molecule has 0 saturated heterocycles. The van der Waals surface area contributed by atoms with Gasteiger partial charge in [0.1, 0.15) is 0 Å². The van der Waals surface area contributed by atoms with Crippen LogP contribution in [0.1, 0.15) is 26.7 Å². The number of carbonyl (C=O) groups is 1. The molecule has 0 amide bonds. The van der Waals surface area contributed by atoms with Crippen LogP contribution in [-0.2, 0) is 11.3 Å². The topological polar surface area (TPSA) is 71.3 Å². The third kappa shape index (κ3) is 4.30. The maximum atomic E-state index is 11.4. The van der Waals surface area contributed by atoms with Crippen molar-refractivity contribution in [3.63, 3.8) is 0 Å². The Morgan fingerprint density at radius 2 is 2.24 bits per heavy atom. The maximum absolute atomic E-state index is 11.4. The predicted molar refractivity (Wildman–Crippen MR) is 66.3 cm³/mol. The van der Waals surface area contributed by atoms with Crippen LogP contribution < -0.4 is 10.9 Å². The van der Waals surface area contributed by atoms with Crippen LogP contribution in [0, 0.1) is 0 Å². The minimum absolute atomic E-state index is 0.0313. The van der Waals surface area contributed by atoms with Gasteiger partial charge in [-0.2, -0.15) is 0 Å². The molecule has 1 heterocycles. The fraction of sp³-hybridized carbons (Fsp3) is 0.500. The van der Waals surface area contributed by atoms with Gasteiger partial charge >= 0.3 is 5.97 Å². The highest BCUT2D eigenvalue weighted by molar-refractivity contribution is 5.66. The van der Waals surface area contributed by atoms with E-state index in [0.717, 1.165) is 5.69 Å². The minimum atomic E-state index is -0.794. The Balaban J connectivity index is 2.62. The van der Waals surface area contributed by atoms with Crippen LogP contribution in [0.15, 0.2) is 23.1 Å². The van der Waals surface area contributed by atoms with Crippen LogP contribution in [0.4, 0.5) is 5.69 Å². The molecule has 0 bridgehead atoms. The average Bonchev–Trinajstić information content (AvgIpc) is 2.29. The maximum Gasteiger partial charge on any atom is 0.303 e. The Morgan fingerprint density at radius 3 is 2.82 bits per heavy atom. The van der Waals surface area contributed by atoms with Crippen LogP contribution in [0.25, 0.3) is 0 Å². The SMILES string of the molecule is CCn1cc(NC(C)CCC(=O)O)ccc1=O. The summed E-state index contributed by atoms with van der Waals surface area (Å²) in [5.41, 5.74) is 0.806. The van der Waals surface area contributed by atoms with E-state index in [1.54, 1.807) is 16.8 Å². The lowest BCUT2D eigenvalue weighted by Crippen LogP contribution is -2.21. The Kier molecular flexibility index (Phi) is 4.75. The number of pyridine rings is 1. The fourth-order valence-electron chi connectivity index (χ4n) is 1.56. The van der Waals surface area contributed by atoms with Crippen LogP contribution >= 0.6 is 0 Å². The second-order valence-electron chi connectivity index (χ2n) is 4.02. The van der Waals surface area contributed by atoms with E-state index in [9.17, 15) is 9.59 Å². The number of carboxylic acid groups (broad SMARTS) is 1. The second kappa shape index (κ2) is 6.08. The molecule has 17 heavy (non-hydrogen) atoms. The largest absolute Gasteiger partial charge is 0.481 e. The first kappa shape index (κ1) is 13.3. The first-order chi connectivity index (χ1) is 8.02. The number of rotatable bonds is 6. The molecular weight excluding hydrogens is 220 g/mol. The second-order valence-corrected chi connectivity index (χ2v) is 4.02. The molecule has 1 rings (SSSR count). The number of aromatic nitrogens is 1. The van der Waals surface area contributed by atoms with E-state index in [-0.39, 0.29) is 18.0 Å². The van der Waals surface area contributed by atoms with E-state index in [1.807, 2.05) is 13.8 Å². The number of carboxylic acids is 1. The summed E-state index contributed by atoms with van der Waals surface area (Å²) in [5.74, 6) is -0.794. The lowest BCUT2D eigenvalue weighted by molar-refractivity contribution is -0.137. The number of hydrogen-bond donors (Lipinski definition) is 2. The van der Waals surface area contributed by atoms with E-state index < -0.39 is 5.97 Å². The average molecular weight is 238 g/mol. The first-order valence-corrected chi connectivity index (χ1v) is 5.71. The van der Waals surface area contributed by atoms with Gasteiger partial charge in [-0.05, 0) is 26.3 Å². The van der Waals surface area contributed by atoms with Crippen LogP contribution in [0.3, 0.4) is 0 Å². The number of anilines is 1. The summed E-state index contributed by atoms with van der Waals surface area (Å²) in [6.45, 7) is 4.45. The van der Waals surface area contributed by atoms with Gasteiger partial charge in [0.2, 0.25) is 0 Å². The van der Waals surface area contributed by atoms with E-state index in [2.05, 4.69) is 5.32 Å². The standard InChI is InChI=1S/C12H18N2O3/c1-3-14-8-10(5-6-11(14)15)13-9(2)4-7-12(16)17/h5-6,8-9,13H,3-4,7H2,1-2H3,(H,16,17). The summed E-state index contributed by atoms with van der Waals surface area (Å²) in [6.07, 6.45) is 2.45. The van der Waals surface area contributed by atoms with Crippen molar-refractivity contribution in [1.29, 1.82) is 0 Å². The molecule has 0 aromatic carbocycles. The first-order valence-electron chi connectivity index (χ1n) is 5.71. The lowest BCUT2D eigenvalue weighted by Gasteiger charge is -2.15. The van der Waals surface area contributed by atoms with Gasteiger partial charge in [0.25, 0.3) is 5.56 Å². The third-order valence-electron chi connectivity index (χ3n) is 2.53. The molecular formula is C12H18N2O3. The highest BCUT2D eigenvalue weighted by atomic mass is 16.4. The van der Waals surface area contributed by atoms with Crippen molar-refractivity contribution < 1.29 is 9.90 Å². The van der Waals surface area contributed by atoms with Gasteiger partial charge in [0.05, 0.1) is 5.69 Å². The van der Waals surface area contributed by atoms with Gasteiger partial charge in [-0.1, -0.05) is 0 Å². The van der Waals surface area contributed by atoms with Gasteiger partial charge in [-0.25, -0.2) is 0 Å². The van der Waals surface area contributed by atoms with Gasteiger partial charge in [-0.3, -0.25) is 9.59 Å². The Labute approximate surface area is 100 Å². The quantitative estimate of drug-likeness (QED) is 0.788. The predicted octanol–water partition coefficient (Wildman–Crippen LogP) is 1.53. The normalized spacial score (nSPS) is 12.1. The zero-order valence-corrected chi connectivity index (χ0v) is 10.1. The highest BCUT2D eigenvalue weighted by Crippen LogP contribution is 2.08. The van der Waals surface area contributed by atoms with Crippen molar-refractivity contribution in [2.45, 2.75) is 39.3 Å². The molecule has 5 heteroatoms. The van der Waals surface area contributed by atoms with E-state index in [0.29, 0.717) is 13.0 Å². The minimum Gasteiger partial charge on any atom is -0.481 e. The zero-order valence-electron chi connectivity index (χ0n) is 10.1. The van der Waals surface area contributed by atoms with Crippen LogP contribution in [-0.4, -0.2) is 21.7 Å². The molecule has 0 spiro atoms. The smallest absolute Gasteiger partial charge is 0.303 e. The van der Waals surface area contributed by atoms with Crippen molar-refractivity contribution in [1.82, 2.24) is 4.57 Å². The Bertz CT molecular complexity index is 440. The Morgan fingerprint density at radius 1 is 1.53 bits per heavy atom. The fourth-order valence-corrected chi connectivity index (χ4v) is 1.56. The number of hydrogen-bond acceptors (Lipinski definition) is 3. The molecule has 5 nitrogen and oxygen atoms in total. The summed E-state index contributed by atoms with van der Waals surface area (Å²) in [5, 5.41) is 11.7. The summed E-state index contributed by atoms with van der Waals surface area (Å²) in [4.78, 5) is 21.8. The molecule has 0 fully saturated rings. The third-order valence-corrected chi connectivity index (χ3v) is 2.53. The number of aliphatic carboxylic acids is 1. The molecule has 1 aromatic heterocycles. The molecule has 1 aromatic rings. The van der Waals surface area contributed by atoms with Crippen LogP contribution in [0.2, 0.25) is 0 Å². The molecule has 0 saturated carbocycles. The van der Waals surface area contributed by atoms with Crippen molar-refractivity contribution >= 4 is 11.7 Å². The summed E-state index contributed by atoms with van der Waals surface area (Å²) < 4.78 is 1.60. The highest BCUT2D eigenvalue weighted by Gasteiger charge is 2.05. The zero-order chi connectivity index (χ0) is 12.8. The molecule has 2 N–H and O–H groups in total. The van der Waals surface area contributed by atoms with Crippen LogP contribution in [0.5, 0.6) is 0 Å². The molecule has 1 atom stereocenters. The van der Waals surface area contributed by atoms with Gasteiger partial charge in [0, 0.05) is 31.3 Å². The van der Waals surface area contributed by atoms with Gasteiger partial charge < -0.3 is 15.0 Å². The molecule has 0 aliphatic rings. The summed E-state index contributed by atoms with van der Waals surface area (Å²) in [7, 11) is 0. The molecule has 0 radical (unpaired) electrons. The summed E-state index contributed by atoms with van der Waals surface area (Å²) in [6, 6.07) is 3.29. The molecule has 0 aliphatic heterocycles. The van der Waals surface area contributed by atoms with Gasteiger partial charge in [0.15, 0.2) is 0 Å². The number of nitrogens with zero attached hydrogens (tertiary/aromatic N) is 1. The van der Waals surface area contributed by atoms with Gasteiger partial charge in [-0.15, -0.1) is 0 Å². The van der Waals surface area contributed by atoms with Crippen molar-refractivity contribution in [2.24, 2.45) is 0 Å². The monoisotopic (exact) mass is 238 g/mol. The van der Waals surface area contributed by atoms with E-state index in [1.165, 1.54) is 6.07 Å².